The molecule has 5 nitrogen and oxygen atoms in total. The van der Waals surface area contributed by atoms with Crippen LogP contribution < -0.4 is 0 Å². The molecule has 1 N–H and O–H groups in total. The van der Waals surface area contributed by atoms with Gasteiger partial charge in [-0.05, 0) is 53.9 Å². The zero-order valence-electron chi connectivity index (χ0n) is 11.5. The minimum absolute atomic E-state index is 0.0908. The molecule has 110 valence electrons. The van der Waals surface area contributed by atoms with Gasteiger partial charge in [0.15, 0.2) is 0 Å². The largest absolute Gasteiger partial charge is 0.392 e. The lowest BCUT2D eigenvalue weighted by Crippen LogP contribution is -2.45. The first kappa shape index (κ1) is 15.4. The Hall–Kier alpha value is -0.980. The van der Waals surface area contributed by atoms with Gasteiger partial charge in [-0.2, -0.15) is 0 Å². The molecular formula is C14H19BrN2O3. The van der Waals surface area contributed by atoms with Gasteiger partial charge in [-0.3, -0.25) is 15.0 Å². The number of halogens is 1. The molecule has 0 aliphatic carbocycles. The summed E-state index contributed by atoms with van der Waals surface area (Å²) in [6.07, 6.45) is 2.85. The third-order valence-corrected chi connectivity index (χ3v) is 4.48. The molecule has 1 fully saturated rings. The van der Waals surface area contributed by atoms with Crippen LogP contribution in [0.2, 0.25) is 0 Å². The number of rotatable bonds is 4. The van der Waals surface area contributed by atoms with Gasteiger partial charge in [-0.1, -0.05) is 12.5 Å². The van der Waals surface area contributed by atoms with Gasteiger partial charge in [0.25, 0.3) is 5.69 Å². The van der Waals surface area contributed by atoms with E-state index < -0.39 is 0 Å². The number of nitro benzene ring substituents is 1. The van der Waals surface area contributed by atoms with E-state index in [-0.39, 0.29) is 22.8 Å². The highest BCUT2D eigenvalue weighted by molar-refractivity contribution is 9.10. The fourth-order valence-electron chi connectivity index (χ4n) is 2.79. The van der Waals surface area contributed by atoms with Crippen molar-refractivity contribution < 1.29 is 10.0 Å². The van der Waals surface area contributed by atoms with Gasteiger partial charge >= 0.3 is 0 Å². The van der Waals surface area contributed by atoms with Gasteiger partial charge in [0, 0.05) is 18.7 Å². The highest BCUT2D eigenvalue weighted by atomic mass is 79.9. The molecule has 1 heterocycles. The molecule has 20 heavy (non-hydrogen) atoms. The quantitative estimate of drug-likeness (QED) is 0.674. The first-order valence-electron chi connectivity index (χ1n) is 6.84. The summed E-state index contributed by atoms with van der Waals surface area (Å²) in [4.78, 5) is 12.8. The molecule has 1 aromatic carbocycles. The van der Waals surface area contributed by atoms with Gasteiger partial charge < -0.3 is 5.11 Å². The predicted octanol–water partition coefficient (Wildman–Crippen LogP) is 3.09. The topological polar surface area (TPSA) is 66.6 Å². The Morgan fingerprint density at radius 3 is 2.95 bits per heavy atom. The van der Waals surface area contributed by atoms with Crippen LogP contribution in [0.5, 0.6) is 0 Å². The Morgan fingerprint density at radius 2 is 2.30 bits per heavy atom. The van der Waals surface area contributed by atoms with Crippen LogP contribution in [0.3, 0.4) is 0 Å². The molecule has 1 aliphatic heterocycles. The van der Waals surface area contributed by atoms with Gasteiger partial charge in [0.1, 0.15) is 0 Å². The van der Waals surface area contributed by atoms with Crippen molar-refractivity contribution in [3.63, 3.8) is 0 Å². The highest BCUT2D eigenvalue weighted by Crippen LogP contribution is 2.28. The van der Waals surface area contributed by atoms with Gasteiger partial charge in [-0.25, -0.2) is 0 Å². The fourth-order valence-corrected chi connectivity index (χ4v) is 3.18. The summed E-state index contributed by atoms with van der Waals surface area (Å²) >= 11 is 3.20. The molecule has 0 radical (unpaired) electrons. The van der Waals surface area contributed by atoms with E-state index in [1.807, 2.05) is 13.0 Å². The molecule has 0 aromatic heterocycles. The molecular weight excluding hydrogens is 324 g/mol. The number of nitrogens with zero attached hydrogens (tertiary/aromatic N) is 2. The normalized spacial score (nSPS) is 21.6. The standard InChI is InChI=1S/C14H19BrN2O3/c1-10(18)13-4-2-3-7-16(13)9-11-5-6-12(15)14(8-11)17(19)20/h5-6,8,10,13,18H,2-4,7,9H2,1H3. The lowest BCUT2D eigenvalue weighted by Gasteiger charge is -2.37. The lowest BCUT2D eigenvalue weighted by atomic mass is 9.97. The summed E-state index contributed by atoms with van der Waals surface area (Å²) in [6, 6.07) is 5.36. The molecule has 1 aliphatic rings. The molecule has 1 saturated heterocycles. The van der Waals surface area contributed by atoms with Crippen molar-refractivity contribution in [2.75, 3.05) is 6.54 Å². The summed E-state index contributed by atoms with van der Waals surface area (Å²) < 4.78 is 0.497. The fraction of sp³-hybridized carbons (Fsp3) is 0.571. The number of aliphatic hydroxyl groups excluding tert-OH is 1. The maximum absolute atomic E-state index is 11.0. The average Bonchev–Trinajstić information content (AvgIpc) is 2.41. The summed E-state index contributed by atoms with van der Waals surface area (Å²) in [7, 11) is 0. The third kappa shape index (κ3) is 3.56. The molecule has 0 spiro atoms. The first-order valence-corrected chi connectivity index (χ1v) is 7.63. The smallest absolute Gasteiger partial charge is 0.283 e. The highest BCUT2D eigenvalue weighted by Gasteiger charge is 2.26. The van der Waals surface area contributed by atoms with Crippen LogP contribution >= 0.6 is 15.9 Å². The second-order valence-corrected chi connectivity index (χ2v) is 6.17. The van der Waals surface area contributed by atoms with Crippen molar-refractivity contribution in [1.82, 2.24) is 4.90 Å². The second kappa shape index (κ2) is 6.65. The number of nitro groups is 1. The van der Waals surface area contributed by atoms with Crippen LogP contribution in [0.25, 0.3) is 0 Å². The monoisotopic (exact) mass is 342 g/mol. The van der Waals surface area contributed by atoms with Crippen LogP contribution in [0.4, 0.5) is 5.69 Å². The average molecular weight is 343 g/mol. The maximum Gasteiger partial charge on any atom is 0.283 e. The van der Waals surface area contributed by atoms with E-state index in [9.17, 15) is 15.2 Å². The van der Waals surface area contributed by atoms with E-state index in [2.05, 4.69) is 20.8 Å². The number of likely N-dealkylation sites (tertiary alicyclic amines) is 1. The molecule has 2 rings (SSSR count). The minimum Gasteiger partial charge on any atom is -0.392 e. The summed E-state index contributed by atoms with van der Waals surface area (Å²) in [5.41, 5.74) is 1.00. The Kier molecular flexibility index (Phi) is 5.12. The summed E-state index contributed by atoms with van der Waals surface area (Å²) in [5, 5.41) is 20.8. The number of hydrogen-bond donors (Lipinski definition) is 1. The predicted molar refractivity (Wildman–Crippen MR) is 80.5 cm³/mol. The number of hydrogen-bond acceptors (Lipinski definition) is 4. The van der Waals surface area contributed by atoms with Crippen molar-refractivity contribution in [1.29, 1.82) is 0 Å². The molecule has 2 unspecified atom stereocenters. The Morgan fingerprint density at radius 1 is 1.55 bits per heavy atom. The molecule has 0 bridgehead atoms. The number of aliphatic hydroxyl groups is 1. The Bertz CT molecular complexity index is 493. The number of piperidine rings is 1. The van der Waals surface area contributed by atoms with Crippen LogP contribution in [-0.4, -0.2) is 33.6 Å². The third-order valence-electron chi connectivity index (χ3n) is 3.81. The van der Waals surface area contributed by atoms with Gasteiger partial charge in [0.2, 0.25) is 0 Å². The van der Waals surface area contributed by atoms with E-state index in [0.717, 1.165) is 31.4 Å². The van der Waals surface area contributed by atoms with Crippen LogP contribution in [0.15, 0.2) is 22.7 Å². The first-order chi connectivity index (χ1) is 9.49. The summed E-state index contributed by atoms with van der Waals surface area (Å²) in [5.74, 6) is 0. The zero-order chi connectivity index (χ0) is 14.7. The van der Waals surface area contributed by atoms with E-state index >= 15 is 0 Å². The second-order valence-electron chi connectivity index (χ2n) is 5.32. The molecule has 1 aromatic rings. The van der Waals surface area contributed by atoms with Gasteiger partial charge in [-0.15, -0.1) is 0 Å². The van der Waals surface area contributed by atoms with E-state index in [0.29, 0.717) is 11.0 Å². The lowest BCUT2D eigenvalue weighted by molar-refractivity contribution is -0.385. The zero-order valence-corrected chi connectivity index (χ0v) is 13.0. The van der Waals surface area contributed by atoms with Crippen LogP contribution in [0.1, 0.15) is 31.7 Å². The van der Waals surface area contributed by atoms with Crippen LogP contribution in [0, 0.1) is 10.1 Å². The molecule has 2 atom stereocenters. The molecule has 0 saturated carbocycles. The molecule has 6 heteroatoms. The Balaban J connectivity index is 2.16. The number of benzene rings is 1. The Labute approximate surface area is 126 Å². The minimum atomic E-state index is -0.379. The molecule has 0 amide bonds. The van der Waals surface area contributed by atoms with Crippen molar-refractivity contribution in [2.24, 2.45) is 0 Å². The van der Waals surface area contributed by atoms with Crippen molar-refractivity contribution in [3.8, 4) is 0 Å². The summed E-state index contributed by atoms with van der Waals surface area (Å²) in [6.45, 7) is 3.39. The van der Waals surface area contributed by atoms with Crippen molar-refractivity contribution in [2.45, 2.75) is 44.9 Å². The maximum atomic E-state index is 11.0. The van der Waals surface area contributed by atoms with Gasteiger partial charge in [0.05, 0.1) is 15.5 Å². The SMILES string of the molecule is CC(O)C1CCCCN1Cc1ccc(Br)c([N+](=O)[O-])c1. The van der Waals surface area contributed by atoms with E-state index in [1.54, 1.807) is 12.1 Å². The van der Waals surface area contributed by atoms with E-state index in [1.165, 1.54) is 0 Å². The van der Waals surface area contributed by atoms with E-state index in [4.69, 9.17) is 0 Å². The van der Waals surface area contributed by atoms with Crippen molar-refractivity contribution >= 4 is 21.6 Å². The van der Waals surface area contributed by atoms with Crippen molar-refractivity contribution in [3.05, 3.63) is 38.3 Å². The van der Waals surface area contributed by atoms with Crippen LogP contribution in [-0.2, 0) is 6.54 Å².